The molecule has 5 N–H and O–H groups in total. The second-order valence-electron chi connectivity index (χ2n) is 7.47. The van der Waals surface area contributed by atoms with Crippen molar-refractivity contribution in [1.29, 1.82) is 0 Å². The van der Waals surface area contributed by atoms with Crippen LogP contribution in [0, 0.1) is 11.6 Å². The third-order valence-electron chi connectivity index (χ3n) is 5.00. The van der Waals surface area contributed by atoms with Gasteiger partial charge in [-0.05, 0) is 24.1 Å². The highest BCUT2D eigenvalue weighted by Gasteiger charge is 2.18. The number of nitrogens with zero attached hydrogens (tertiary/aromatic N) is 5. The topological polar surface area (TPSA) is 125 Å². The van der Waals surface area contributed by atoms with E-state index in [1.165, 1.54) is 16.8 Å². The summed E-state index contributed by atoms with van der Waals surface area (Å²) >= 11 is 0. The normalized spacial score (nSPS) is 11.4. The molecule has 1 aromatic carbocycles. The van der Waals surface area contributed by atoms with Gasteiger partial charge in [-0.2, -0.15) is 10.1 Å². The second-order valence-corrected chi connectivity index (χ2v) is 7.47. The smallest absolute Gasteiger partial charge is 0.222 e. The highest BCUT2D eigenvalue weighted by Crippen LogP contribution is 2.25. The van der Waals surface area contributed by atoms with Gasteiger partial charge in [-0.25, -0.2) is 13.8 Å². The van der Waals surface area contributed by atoms with Crippen LogP contribution in [0.5, 0.6) is 0 Å². The summed E-state index contributed by atoms with van der Waals surface area (Å²) in [7, 11) is 0. The van der Waals surface area contributed by atoms with Gasteiger partial charge in [0.05, 0.1) is 26.0 Å². The van der Waals surface area contributed by atoms with E-state index >= 15 is 0 Å². The molecule has 0 amide bonds. The first-order valence-corrected chi connectivity index (χ1v) is 10.6. The van der Waals surface area contributed by atoms with Crippen molar-refractivity contribution in [3.8, 4) is 0 Å². The number of unbranched alkanes of at least 4 members (excludes halogenated alkanes) is 1. The Bertz CT molecular complexity index is 1020. The van der Waals surface area contributed by atoms with Gasteiger partial charge >= 0.3 is 0 Å². The summed E-state index contributed by atoms with van der Waals surface area (Å²) in [6.45, 7) is 3.41. The van der Waals surface area contributed by atoms with E-state index in [1.54, 1.807) is 6.20 Å². The van der Waals surface area contributed by atoms with Gasteiger partial charge in [0.25, 0.3) is 0 Å². The summed E-state index contributed by atoms with van der Waals surface area (Å²) in [5.41, 5.74) is 7.11. The van der Waals surface area contributed by atoms with Crippen molar-refractivity contribution >= 4 is 22.8 Å². The number of benzene rings is 1. The molecule has 0 aliphatic heterocycles. The number of nitrogens with two attached hydrogens (primary N) is 1. The molecule has 32 heavy (non-hydrogen) atoms. The summed E-state index contributed by atoms with van der Waals surface area (Å²) in [5.74, 6) is -0.814. The Kier molecular flexibility index (Phi) is 8.26. The Balaban J connectivity index is 1.90. The molecule has 2 heterocycles. The number of aromatic nitrogens is 4. The molecular weight excluding hydrogens is 420 g/mol. The van der Waals surface area contributed by atoms with E-state index < -0.39 is 11.6 Å². The van der Waals surface area contributed by atoms with Crippen molar-refractivity contribution in [1.82, 2.24) is 25.1 Å². The molecule has 3 aromatic rings. The maximum atomic E-state index is 14.6. The van der Waals surface area contributed by atoms with Gasteiger partial charge in [0.2, 0.25) is 5.95 Å². The molecule has 3 rings (SSSR count). The minimum absolute atomic E-state index is 0.0561. The molecule has 0 aliphatic carbocycles. The van der Waals surface area contributed by atoms with Crippen LogP contribution in [0.1, 0.15) is 30.9 Å². The number of hydrogen-bond acceptors (Lipinski definition) is 8. The van der Waals surface area contributed by atoms with Gasteiger partial charge in [0.15, 0.2) is 11.3 Å². The van der Waals surface area contributed by atoms with Gasteiger partial charge < -0.3 is 26.2 Å². The first kappa shape index (κ1) is 23.8. The van der Waals surface area contributed by atoms with Crippen LogP contribution >= 0.6 is 0 Å². The van der Waals surface area contributed by atoms with E-state index in [0.717, 1.165) is 12.8 Å². The minimum atomic E-state index is -0.680. The molecule has 0 radical (unpaired) electrons. The average Bonchev–Trinajstić information content (AvgIpc) is 3.16. The van der Waals surface area contributed by atoms with Crippen LogP contribution in [0.3, 0.4) is 0 Å². The number of aliphatic hydroxyl groups is 2. The average molecular weight is 450 g/mol. The molecule has 2 aromatic heterocycles. The van der Waals surface area contributed by atoms with E-state index in [1.807, 2.05) is 4.90 Å². The fourth-order valence-electron chi connectivity index (χ4n) is 3.44. The zero-order valence-corrected chi connectivity index (χ0v) is 18.1. The van der Waals surface area contributed by atoms with E-state index in [9.17, 15) is 13.9 Å². The lowest BCUT2D eigenvalue weighted by molar-refractivity contribution is 0.292. The van der Waals surface area contributed by atoms with Crippen LogP contribution in [0.25, 0.3) is 11.0 Å². The molecule has 0 bridgehead atoms. The molecule has 0 spiro atoms. The van der Waals surface area contributed by atoms with E-state index in [0.29, 0.717) is 42.0 Å². The maximum absolute atomic E-state index is 14.6. The van der Waals surface area contributed by atoms with Gasteiger partial charge in [-0.1, -0.05) is 13.3 Å². The third-order valence-corrected chi connectivity index (χ3v) is 5.00. The molecule has 0 atom stereocenters. The number of rotatable bonds is 12. The largest absolute Gasteiger partial charge is 0.395 e. The number of hydrogen-bond donors (Lipinski definition) is 4. The monoisotopic (exact) mass is 449 g/mol. The zero-order chi connectivity index (χ0) is 23.1. The summed E-state index contributed by atoms with van der Waals surface area (Å²) in [4.78, 5) is 10.4. The molecule has 0 unspecified atom stereocenters. The van der Waals surface area contributed by atoms with E-state index in [2.05, 4.69) is 27.3 Å². The van der Waals surface area contributed by atoms with Gasteiger partial charge in [-0.15, -0.1) is 0 Å². The molecule has 11 heteroatoms. The molecular formula is C21H29F2N7O2. The van der Waals surface area contributed by atoms with Crippen molar-refractivity contribution in [3.63, 3.8) is 0 Å². The number of aliphatic hydroxyl groups excluding tert-OH is 2. The fourth-order valence-corrected chi connectivity index (χ4v) is 3.44. The minimum Gasteiger partial charge on any atom is -0.395 e. The molecule has 9 nitrogen and oxygen atoms in total. The van der Waals surface area contributed by atoms with Crippen LogP contribution in [0.15, 0.2) is 18.3 Å². The van der Waals surface area contributed by atoms with Crippen LogP contribution in [-0.4, -0.2) is 62.8 Å². The fraction of sp³-hybridized carbons (Fsp3) is 0.476. The summed E-state index contributed by atoms with van der Waals surface area (Å²) in [6.07, 6.45) is 3.43. The number of halogens is 2. The van der Waals surface area contributed by atoms with Crippen molar-refractivity contribution in [2.75, 3.05) is 43.5 Å². The Morgan fingerprint density at radius 2 is 1.88 bits per heavy atom. The quantitative estimate of drug-likeness (QED) is 0.306. The second kappa shape index (κ2) is 11.1. The molecule has 0 aliphatic rings. The van der Waals surface area contributed by atoms with Gasteiger partial charge in [-0.3, -0.25) is 4.68 Å². The lowest BCUT2D eigenvalue weighted by Gasteiger charge is -2.22. The number of anilines is 2. The summed E-state index contributed by atoms with van der Waals surface area (Å²) in [5, 5.41) is 25.6. The maximum Gasteiger partial charge on any atom is 0.222 e. The Hall–Kier alpha value is -2.89. The van der Waals surface area contributed by atoms with Crippen molar-refractivity contribution in [2.24, 2.45) is 0 Å². The number of fused-ring (bicyclic) bond motifs is 1. The van der Waals surface area contributed by atoms with Gasteiger partial charge in [0, 0.05) is 31.7 Å². The highest BCUT2D eigenvalue weighted by atomic mass is 19.1. The number of nitrogens with one attached hydrogen (secondary N) is 1. The first-order chi connectivity index (χ1) is 15.5. The molecule has 174 valence electrons. The predicted molar refractivity (Wildman–Crippen MR) is 118 cm³/mol. The van der Waals surface area contributed by atoms with E-state index in [4.69, 9.17) is 10.8 Å². The summed E-state index contributed by atoms with van der Waals surface area (Å²) < 4.78 is 30.7. The van der Waals surface area contributed by atoms with E-state index in [-0.39, 0.29) is 37.8 Å². The van der Waals surface area contributed by atoms with Crippen molar-refractivity contribution < 1.29 is 19.0 Å². The number of nitrogen functional groups attached to an aromatic ring is 1. The van der Waals surface area contributed by atoms with Crippen LogP contribution < -0.4 is 16.0 Å². The zero-order valence-electron chi connectivity index (χ0n) is 18.1. The predicted octanol–water partition coefficient (Wildman–Crippen LogP) is 1.42. The van der Waals surface area contributed by atoms with Crippen molar-refractivity contribution in [2.45, 2.75) is 32.9 Å². The third kappa shape index (κ3) is 5.67. The lowest BCUT2D eigenvalue weighted by Crippen LogP contribution is -2.29. The Labute approximate surface area is 184 Å². The standard InChI is InChI=1S/C21H29F2N7O2/c1-2-3-5-29(6-8-32)20-19-18(26-21(24)27-20)13-30(28-19)12-15-16(22)9-14(10-17(15)23)11-25-4-7-31/h9-10,13,25,31-32H,2-8,11-12H2,1H3,(H2,24,26). The SMILES string of the molecule is CCCCN(CCO)c1nc(N)nc2cn(Cc3c(F)cc(CNCCO)cc3F)nc12. The van der Waals surface area contributed by atoms with Crippen LogP contribution in [-0.2, 0) is 13.1 Å². The Morgan fingerprint density at radius 1 is 1.12 bits per heavy atom. The van der Waals surface area contributed by atoms with Crippen LogP contribution in [0.2, 0.25) is 0 Å². The first-order valence-electron chi connectivity index (χ1n) is 10.6. The molecule has 0 saturated heterocycles. The summed E-state index contributed by atoms with van der Waals surface area (Å²) in [6, 6.07) is 2.53. The lowest BCUT2D eigenvalue weighted by atomic mass is 10.1. The Morgan fingerprint density at radius 3 is 2.53 bits per heavy atom. The van der Waals surface area contributed by atoms with Crippen molar-refractivity contribution in [3.05, 3.63) is 41.1 Å². The van der Waals surface area contributed by atoms with Gasteiger partial charge in [0.1, 0.15) is 17.2 Å². The highest BCUT2D eigenvalue weighted by molar-refractivity contribution is 5.86. The van der Waals surface area contributed by atoms with Crippen LogP contribution in [0.4, 0.5) is 20.5 Å². The molecule has 0 fully saturated rings. The molecule has 0 saturated carbocycles.